The van der Waals surface area contributed by atoms with E-state index in [0.717, 1.165) is 19.6 Å². The topological polar surface area (TPSA) is 32.8 Å². The largest absolute Gasteiger partial charge is 0.469 e. The van der Waals surface area contributed by atoms with E-state index in [1.807, 2.05) is 13.8 Å². The highest BCUT2D eigenvalue weighted by molar-refractivity contribution is 5.76. The van der Waals surface area contributed by atoms with Gasteiger partial charge < -0.3 is 14.5 Å². The number of ether oxygens (including phenoxy) is 1. The molecule has 0 radical (unpaired) electrons. The average Bonchev–Trinajstić information content (AvgIpc) is 2.63. The highest BCUT2D eigenvalue weighted by Gasteiger charge is 2.33. The SMILES string of the molecule is COC(=O)C(C)(C)CN(C)C1CCN(C)C1. The van der Waals surface area contributed by atoms with Crippen LogP contribution in [0.1, 0.15) is 20.3 Å². The van der Waals surface area contributed by atoms with Crippen LogP contribution < -0.4 is 0 Å². The molecule has 1 aliphatic heterocycles. The first-order chi connectivity index (χ1) is 7.36. The van der Waals surface area contributed by atoms with E-state index in [0.29, 0.717) is 6.04 Å². The van der Waals surface area contributed by atoms with Gasteiger partial charge in [0.15, 0.2) is 0 Å². The first kappa shape index (κ1) is 13.5. The van der Waals surface area contributed by atoms with Crippen molar-refractivity contribution < 1.29 is 9.53 Å². The van der Waals surface area contributed by atoms with Crippen LogP contribution in [0.25, 0.3) is 0 Å². The van der Waals surface area contributed by atoms with Gasteiger partial charge in [0, 0.05) is 19.1 Å². The number of likely N-dealkylation sites (N-methyl/N-ethyl adjacent to an activating group) is 2. The molecule has 0 aromatic rings. The maximum absolute atomic E-state index is 11.6. The maximum atomic E-state index is 11.6. The van der Waals surface area contributed by atoms with Gasteiger partial charge in [-0.1, -0.05) is 0 Å². The monoisotopic (exact) mass is 228 g/mol. The summed E-state index contributed by atoms with van der Waals surface area (Å²) in [4.78, 5) is 16.2. The summed E-state index contributed by atoms with van der Waals surface area (Å²) in [6, 6.07) is 0.564. The third-order valence-corrected chi connectivity index (χ3v) is 3.37. The number of nitrogens with zero attached hydrogens (tertiary/aromatic N) is 2. The van der Waals surface area contributed by atoms with E-state index in [9.17, 15) is 4.79 Å². The molecule has 16 heavy (non-hydrogen) atoms. The molecule has 1 saturated heterocycles. The summed E-state index contributed by atoms with van der Waals surface area (Å²) in [7, 11) is 5.68. The molecule has 0 aromatic carbocycles. The fraction of sp³-hybridized carbons (Fsp3) is 0.917. The number of esters is 1. The molecule has 4 nitrogen and oxygen atoms in total. The lowest BCUT2D eigenvalue weighted by Gasteiger charge is -2.31. The van der Waals surface area contributed by atoms with Crippen molar-refractivity contribution in [3.8, 4) is 0 Å². The van der Waals surface area contributed by atoms with Crippen molar-refractivity contribution in [2.24, 2.45) is 5.41 Å². The van der Waals surface area contributed by atoms with Crippen LogP contribution in [0, 0.1) is 5.41 Å². The van der Waals surface area contributed by atoms with E-state index in [1.54, 1.807) is 0 Å². The summed E-state index contributed by atoms with van der Waals surface area (Å²) in [5.74, 6) is -0.134. The van der Waals surface area contributed by atoms with Gasteiger partial charge in [0.1, 0.15) is 0 Å². The van der Waals surface area contributed by atoms with Crippen LogP contribution in [0.15, 0.2) is 0 Å². The van der Waals surface area contributed by atoms with Crippen LogP contribution in [0.3, 0.4) is 0 Å². The van der Waals surface area contributed by atoms with Gasteiger partial charge in [0.25, 0.3) is 0 Å². The van der Waals surface area contributed by atoms with Gasteiger partial charge in [-0.05, 0) is 40.9 Å². The fourth-order valence-corrected chi connectivity index (χ4v) is 2.36. The van der Waals surface area contributed by atoms with E-state index < -0.39 is 5.41 Å². The summed E-state index contributed by atoms with van der Waals surface area (Å²) in [5, 5.41) is 0. The second-order valence-electron chi connectivity index (χ2n) is 5.50. The summed E-state index contributed by atoms with van der Waals surface area (Å²) in [5.41, 5.74) is -0.426. The third-order valence-electron chi connectivity index (χ3n) is 3.37. The lowest BCUT2D eigenvalue weighted by Crippen LogP contribution is -2.43. The molecule has 1 atom stereocenters. The number of hydrogen-bond acceptors (Lipinski definition) is 4. The predicted octanol–water partition coefficient (Wildman–Crippen LogP) is 0.821. The Kier molecular flexibility index (Phi) is 4.33. The number of methoxy groups -OCH3 is 1. The molecule has 0 spiro atoms. The van der Waals surface area contributed by atoms with Crippen LogP contribution in [0.4, 0.5) is 0 Å². The van der Waals surface area contributed by atoms with Crippen molar-refractivity contribution in [2.45, 2.75) is 26.3 Å². The molecular formula is C12H24N2O2. The first-order valence-electron chi connectivity index (χ1n) is 5.84. The Balaban J connectivity index is 2.50. The minimum Gasteiger partial charge on any atom is -0.469 e. The number of carbonyl (C=O) groups excluding carboxylic acids is 1. The minimum absolute atomic E-state index is 0.134. The van der Waals surface area contributed by atoms with Crippen LogP contribution >= 0.6 is 0 Å². The van der Waals surface area contributed by atoms with Crippen molar-refractivity contribution in [1.29, 1.82) is 0 Å². The zero-order valence-electron chi connectivity index (χ0n) is 11.1. The Morgan fingerprint density at radius 3 is 2.62 bits per heavy atom. The van der Waals surface area contributed by atoms with Gasteiger partial charge in [-0.15, -0.1) is 0 Å². The molecule has 94 valence electrons. The van der Waals surface area contributed by atoms with E-state index in [-0.39, 0.29) is 5.97 Å². The number of hydrogen-bond donors (Lipinski definition) is 0. The molecular weight excluding hydrogens is 204 g/mol. The summed E-state index contributed by atoms with van der Waals surface area (Å²) < 4.78 is 4.82. The van der Waals surface area contributed by atoms with E-state index in [1.165, 1.54) is 13.5 Å². The number of carbonyl (C=O) groups is 1. The summed E-state index contributed by atoms with van der Waals surface area (Å²) in [6.07, 6.45) is 1.18. The van der Waals surface area contributed by atoms with E-state index in [2.05, 4.69) is 23.9 Å². The molecule has 0 N–H and O–H groups in total. The molecule has 1 aliphatic rings. The zero-order chi connectivity index (χ0) is 12.3. The Morgan fingerprint density at radius 1 is 1.56 bits per heavy atom. The van der Waals surface area contributed by atoms with Crippen molar-refractivity contribution >= 4 is 5.97 Å². The minimum atomic E-state index is -0.426. The molecule has 0 bridgehead atoms. The van der Waals surface area contributed by atoms with Gasteiger partial charge in [-0.3, -0.25) is 4.79 Å². The Labute approximate surface area is 98.5 Å². The molecule has 0 aromatic heterocycles. The molecule has 1 unspecified atom stereocenters. The Hall–Kier alpha value is -0.610. The Morgan fingerprint density at radius 2 is 2.19 bits per heavy atom. The molecule has 1 fully saturated rings. The van der Waals surface area contributed by atoms with Gasteiger partial charge in [0.05, 0.1) is 12.5 Å². The smallest absolute Gasteiger partial charge is 0.312 e. The van der Waals surface area contributed by atoms with Crippen LogP contribution in [0.2, 0.25) is 0 Å². The van der Waals surface area contributed by atoms with Gasteiger partial charge in [0.2, 0.25) is 0 Å². The second-order valence-corrected chi connectivity index (χ2v) is 5.50. The normalized spacial score (nSPS) is 22.8. The predicted molar refractivity (Wildman–Crippen MR) is 64.3 cm³/mol. The van der Waals surface area contributed by atoms with Crippen molar-refractivity contribution in [3.63, 3.8) is 0 Å². The first-order valence-corrected chi connectivity index (χ1v) is 5.84. The van der Waals surface area contributed by atoms with Gasteiger partial charge >= 0.3 is 5.97 Å². The Bertz CT molecular complexity index is 253. The molecule has 1 heterocycles. The van der Waals surface area contributed by atoms with E-state index >= 15 is 0 Å². The summed E-state index contributed by atoms with van der Waals surface area (Å²) >= 11 is 0. The summed E-state index contributed by atoms with van der Waals surface area (Å²) in [6.45, 7) is 6.86. The average molecular weight is 228 g/mol. The molecule has 4 heteroatoms. The van der Waals surface area contributed by atoms with Crippen LogP contribution in [-0.2, 0) is 9.53 Å². The van der Waals surface area contributed by atoms with Crippen molar-refractivity contribution in [2.75, 3.05) is 40.8 Å². The van der Waals surface area contributed by atoms with E-state index in [4.69, 9.17) is 4.74 Å². The highest BCUT2D eigenvalue weighted by Crippen LogP contribution is 2.22. The quantitative estimate of drug-likeness (QED) is 0.667. The number of likely N-dealkylation sites (tertiary alicyclic amines) is 1. The second kappa shape index (κ2) is 5.15. The highest BCUT2D eigenvalue weighted by atomic mass is 16.5. The van der Waals surface area contributed by atoms with Crippen LogP contribution in [0.5, 0.6) is 0 Å². The zero-order valence-corrected chi connectivity index (χ0v) is 11.1. The number of rotatable bonds is 4. The maximum Gasteiger partial charge on any atom is 0.312 e. The fourth-order valence-electron chi connectivity index (χ4n) is 2.36. The van der Waals surface area contributed by atoms with Crippen molar-refractivity contribution in [1.82, 2.24) is 9.80 Å². The third kappa shape index (κ3) is 3.19. The molecule has 0 amide bonds. The lowest BCUT2D eigenvalue weighted by atomic mass is 9.92. The molecule has 1 rings (SSSR count). The van der Waals surface area contributed by atoms with Crippen molar-refractivity contribution in [3.05, 3.63) is 0 Å². The standard InChI is InChI=1S/C12H24N2O2/c1-12(2,11(15)16-5)9-14(4)10-6-7-13(3)8-10/h10H,6-9H2,1-5H3. The van der Waals surface area contributed by atoms with Gasteiger partial charge in [-0.25, -0.2) is 0 Å². The van der Waals surface area contributed by atoms with Crippen LogP contribution in [-0.4, -0.2) is 62.7 Å². The molecule has 0 saturated carbocycles. The lowest BCUT2D eigenvalue weighted by molar-refractivity contribution is -0.151. The molecule has 0 aliphatic carbocycles. The van der Waals surface area contributed by atoms with Gasteiger partial charge in [-0.2, -0.15) is 0 Å².